The number of pyridine rings is 1. The van der Waals surface area contributed by atoms with Gasteiger partial charge < -0.3 is 9.94 Å². The van der Waals surface area contributed by atoms with Crippen molar-refractivity contribution in [2.75, 3.05) is 7.11 Å². The molecule has 0 atom stereocenters. The first kappa shape index (κ1) is 10.3. The monoisotopic (exact) mass is 264 g/mol. The Labute approximate surface area is 88.3 Å². The highest BCUT2D eigenvalue weighted by molar-refractivity contribution is 9.10. The Balaban J connectivity index is 3.16. The molecule has 1 heterocycles. The van der Waals surface area contributed by atoms with E-state index in [4.69, 9.17) is 21.5 Å². The summed E-state index contributed by atoms with van der Waals surface area (Å²) in [5.41, 5.74) is 0.343. The Morgan fingerprint density at radius 1 is 1.69 bits per heavy atom. The number of rotatable bonds is 2. The average Bonchev–Trinajstić information content (AvgIpc) is 2.15. The van der Waals surface area contributed by atoms with Crippen molar-refractivity contribution >= 4 is 32.7 Å². The van der Waals surface area contributed by atoms with Crippen molar-refractivity contribution in [1.29, 1.82) is 0 Å². The van der Waals surface area contributed by atoms with Gasteiger partial charge in [-0.25, -0.2) is 4.98 Å². The average molecular weight is 265 g/mol. The van der Waals surface area contributed by atoms with Crippen LogP contribution in [0.15, 0.2) is 21.9 Å². The van der Waals surface area contributed by atoms with E-state index in [9.17, 15) is 0 Å². The predicted molar refractivity (Wildman–Crippen MR) is 52.7 cm³/mol. The molecule has 1 aromatic heterocycles. The maximum absolute atomic E-state index is 8.40. The number of aromatic nitrogens is 1. The van der Waals surface area contributed by atoms with Crippen molar-refractivity contribution in [2.45, 2.75) is 0 Å². The molecule has 0 aliphatic carbocycles. The molecule has 0 amide bonds. The van der Waals surface area contributed by atoms with Crippen LogP contribution < -0.4 is 4.74 Å². The van der Waals surface area contributed by atoms with Gasteiger partial charge in [0.2, 0.25) is 0 Å². The van der Waals surface area contributed by atoms with E-state index < -0.39 is 0 Å². The Hall–Kier alpha value is -0.810. The topological polar surface area (TPSA) is 54.7 Å². The largest absolute Gasteiger partial charge is 0.497 e. The van der Waals surface area contributed by atoms with E-state index in [1.54, 1.807) is 12.1 Å². The summed E-state index contributed by atoms with van der Waals surface area (Å²) >= 11 is 8.72. The van der Waals surface area contributed by atoms with Crippen molar-refractivity contribution in [3.63, 3.8) is 0 Å². The van der Waals surface area contributed by atoms with Gasteiger partial charge in [0.1, 0.15) is 16.0 Å². The summed E-state index contributed by atoms with van der Waals surface area (Å²) in [5.74, 6) is 0.582. The fraction of sp³-hybridized carbons (Fsp3) is 0.143. The van der Waals surface area contributed by atoms with Crippen LogP contribution in [0.25, 0.3) is 0 Å². The van der Waals surface area contributed by atoms with E-state index in [1.807, 2.05) is 0 Å². The van der Waals surface area contributed by atoms with Crippen molar-refractivity contribution < 1.29 is 9.94 Å². The third kappa shape index (κ3) is 2.57. The zero-order valence-electron chi connectivity index (χ0n) is 6.66. The van der Waals surface area contributed by atoms with Crippen LogP contribution in [-0.4, -0.2) is 22.5 Å². The molecule has 0 saturated carbocycles. The molecule has 0 saturated heterocycles. The fourth-order valence-electron chi connectivity index (χ4n) is 0.748. The highest BCUT2D eigenvalue weighted by atomic mass is 79.9. The van der Waals surface area contributed by atoms with Gasteiger partial charge in [0.05, 0.1) is 7.11 Å². The van der Waals surface area contributed by atoms with Crippen LogP contribution in [0.3, 0.4) is 0 Å². The first-order valence-corrected chi connectivity index (χ1v) is 4.44. The first-order valence-electron chi connectivity index (χ1n) is 3.27. The van der Waals surface area contributed by atoms with E-state index >= 15 is 0 Å². The smallest absolute Gasteiger partial charge is 0.193 e. The van der Waals surface area contributed by atoms with E-state index in [2.05, 4.69) is 26.1 Å². The van der Waals surface area contributed by atoms with Crippen molar-refractivity contribution in [3.8, 4) is 5.75 Å². The molecule has 0 radical (unpaired) electrons. The number of methoxy groups -OCH3 is 1. The van der Waals surface area contributed by atoms with Gasteiger partial charge in [-0.3, -0.25) is 0 Å². The van der Waals surface area contributed by atoms with Gasteiger partial charge in [0.25, 0.3) is 0 Å². The van der Waals surface area contributed by atoms with Crippen LogP contribution in [-0.2, 0) is 0 Å². The molecule has 1 rings (SSSR count). The van der Waals surface area contributed by atoms with Gasteiger partial charge in [-0.1, -0.05) is 16.8 Å². The molecule has 70 valence electrons. The summed E-state index contributed by atoms with van der Waals surface area (Å²) < 4.78 is 5.52. The molecule has 0 spiro atoms. The predicted octanol–water partition coefficient (Wildman–Crippen LogP) is 2.23. The minimum Gasteiger partial charge on any atom is -0.497 e. The van der Waals surface area contributed by atoms with Gasteiger partial charge in [0, 0.05) is 12.1 Å². The van der Waals surface area contributed by atoms with Crippen LogP contribution in [0.2, 0.25) is 0 Å². The highest BCUT2D eigenvalue weighted by Crippen LogP contribution is 2.18. The third-order valence-electron chi connectivity index (χ3n) is 1.30. The second-order valence-corrected chi connectivity index (χ2v) is 3.28. The molecule has 4 nitrogen and oxygen atoms in total. The molecule has 0 aliphatic heterocycles. The molecular formula is C7H6BrClN2O2. The number of ether oxygens (including phenoxy) is 1. The lowest BCUT2D eigenvalue weighted by Crippen LogP contribution is -1.97. The van der Waals surface area contributed by atoms with Crippen LogP contribution in [0.4, 0.5) is 0 Å². The Kier molecular flexibility index (Phi) is 3.50. The molecule has 6 heteroatoms. The van der Waals surface area contributed by atoms with E-state index in [0.29, 0.717) is 16.0 Å². The molecular weight excluding hydrogens is 259 g/mol. The second kappa shape index (κ2) is 4.43. The maximum Gasteiger partial charge on any atom is 0.193 e. The van der Waals surface area contributed by atoms with Crippen LogP contribution >= 0.6 is 27.5 Å². The van der Waals surface area contributed by atoms with Crippen molar-refractivity contribution in [3.05, 3.63) is 22.4 Å². The molecule has 0 unspecified atom stereocenters. The highest BCUT2D eigenvalue weighted by Gasteiger charge is 2.06. The summed E-state index contributed by atoms with van der Waals surface area (Å²) in [4.78, 5) is 3.97. The molecule has 0 aliphatic rings. The Morgan fingerprint density at radius 2 is 2.38 bits per heavy atom. The lowest BCUT2D eigenvalue weighted by molar-refractivity contribution is 0.320. The van der Waals surface area contributed by atoms with E-state index in [1.165, 1.54) is 7.11 Å². The fourth-order valence-corrected chi connectivity index (χ4v) is 1.26. The summed E-state index contributed by atoms with van der Waals surface area (Å²) in [5, 5.41) is 11.1. The van der Waals surface area contributed by atoms with E-state index in [0.717, 1.165) is 0 Å². The molecule has 1 aromatic rings. The minimum absolute atomic E-state index is 0.0837. The lowest BCUT2D eigenvalue weighted by Gasteiger charge is -2.02. The number of oxime groups is 1. The molecule has 13 heavy (non-hydrogen) atoms. The van der Waals surface area contributed by atoms with Crippen LogP contribution in [0.5, 0.6) is 5.75 Å². The summed E-state index contributed by atoms with van der Waals surface area (Å²) in [6.45, 7) is 0. The van der Waals surface area contributed by atoms with Gasteiger partial charge in [-0.2, -0.15) is 0 Å². The van der Waals surface area contributed by atoms with Gasteiger partial charge in [-0.05, 0) is 15.9 Å². The normalized spacial score (nSPS) is 11.5. The molecule has 0 bridgehead atoms. The third-order valence-corrected chi connectivity index (χ3v) is 1.98. The molecule has 0 fully saturated rings. The van der Waals surface area contributed by atoms with E-state index in [-0.39, 0.29) is 5.17 Å². The number of hydrogen-bond donors (Lipinski definition) is 1. The number of hydrogen-bond acceptors (Lipinski definition) is 4. The number of halogens is 2. The first-order chi connectivity index (χ1) is 6.17. The van der Waals surface area contributed by atoms with Crippen LogP contribution in [0.1, 0.15) is 5.69 Å². The van der Waals surface area contributed by atoms with Gasteiger partial charge in [-0.15, -0.1) is 0 Å². The quantitative estimate of drug-likeness (QED) is 0.386. The second-order valence-electron chi connectivity index (χ2n) is 2.11. The molecule has 0 aromatic carbocycles. The zero-order valence-corrected chi connectivity index (χ0v) is 9.00. The van der Waals surface area contributed by atoms with Crippen LogP contribution in [0, 0.1) is 0 Å². The zero-order chi connectivity index (χ0) is 9.84. The van der Waals surface area contributed by atoms with Crippen molar-refractivity contribution in [2.24, 2.45) is 5.16 Å². The van der Waals surface area contributed by atoms with Gasteiger partial charge >= 0.3 is 0 Å². The SMILES string of the molecule is COc1cc(Br)nc(/C(Cl)=N/O)c1. The summed E-state index contributed by atoms with van der Waals surface area (Å²) in [6.07, 6.45) is 0. The Bertz CT molecular complexity index is 343. The minimum atomic E-state index is -0.0837. The summed E-state index contributed by atoms with van der Waals surface area (Å²) in [7, 11) is 1.52. The maximum atomic E-state index is 8.40. The standard InChI is InChI=1S/C7H6BrClN2O2/c1-13-4-2-5(7(9)11-12)10-6(8)3-4/h2-3,12H,1H3/b11-7-. The van der Waals surface area contributed by atoms with Gasteiger partial charge in [0.15, 0.2) is 5.17 Å². The summed E-state index contributed by atoms with van der Waals surface area (Å²) in [6, 6.07) is 3.23. The number of nitrogens with zero attached hydrogens (tertiary/aromatic N) is 2. The van der Waals surface area contributed by atoms with Crippen molar-refractivity contribution in [1.82, 2.24) is 4.98 Å². The lowest BCUT2D eigenvalue weighted by atomic mass is 10.3. The molecule has 1 N–H and O–H groups in total. The Morgan fingerprint density at radius 3 is 2.92 bits per heavy atom.